The van der Waals surface area contributed by atoms with Crippen LogP contribution in [0.15, 0.2) is 66.7 Å². The van der Waals surface area contributed by atoms with Gasteiger partial charge in [0.05, 0.1) is 5.52 Å². The number of aromatic nitrogens is 1. The van der Waals surface area contributed by atoms with E-state index in [1.54, 1.807) is 12.1 Å². The first-order valence-electron chi connectivity index (χ1n) is 8.26. The molecular weight excluding hydrogens is 346 g/mol. The molecule has 0 aliphatic carbocycles. The van der Waals surface area contributed by atoms with Gasteiger partial charge in [0.2, 0.25) is 0 Å². The number of esters is 1. The van der Waals surface area contributed by atoms with Gasteiger partial charge in [0.1, 0.15) is 5.69 Å². The molecule has 1 aromatic heterocycles. The quantitative estimate of drug-likeness (QED) is 0.679. The summed E-state index contributed by atoms with van der Waals surface area (Å²) in [7, 11) is 0. The number of nitrogens with zero attached hydrogens (tertiary/aromatic N) is 1. The molecule has 136 valence electrons. The van der Waals surface area contributed by atoms with Gasteiger partial charge >= 0.3 is 12.0 Å². The summed E-state index contributed by atoms with van der Waals surface area (Å²) >= 11 is 0. The number of para-hydroxylation sites is 1. The zero-order valence-corrected chi connectivity index (χ0v) is 14.3. The van der Waals surface area contributed by atoms with Crippen LogP contribution in [0, 0.1) is 0 Å². The van der Waals surface area contributed by atoms with E-state index in [9.17, 15) is 14.4 Å². The average molecular weight is 363 g/mol. The molecule has 2 aromatic carbocycles. The standard InChI is InChI=1S/C20H17N3O4/c24-18(23-20(26)21-12-14-6-2-1-3-7-14)13-27-19(25)17-11-10-15-8-4-5-9-16(15)22-17/h1-11H,12-13H2,(H2,21,23,24,26). The van der Waals surface area contributed by atoms with E-state index in [-0.39, 0.29) is 12.2 Å². The molecule has 27 heavy (non-hydrogen) atoms. The summed E-state index contributed by atoms with van der Waals surface area (Å²) in [6, 6.07) is 19.2. The first-order valence-corrected chi connectivity index (χ1v) is 8.26. The Balaban J connectivity index is 1.46. The van der Waals surface area contributed by atoms with Crippen LogP contribution in [0.4, 0.5) is 4.79 Å². The second kappa shape index (κ2) is 8.57. The lowest BCUT2D eigenvalue weighted by Gasteiger charge is -2.08. The minimum atomic E-state index is -0.736. The van der Waals surface area contributed by atoms with Crippen LogP contribution in [-0.2, 0) is 16.1 Å². The van der Waals surface area contributed by atoms with Crippen molar-refractivity contribution in [1.82, 2.24) is 15.6 Å². The van der Waals surface area contributed by atoms with E-state index in [4.69, 9.17) is 4.74 Å². The van der Waals surface area contributed by atoms with E-state index in [0.717, 1.165) is 10.9 Å². The number of carbonyl (C=O) groups is 3. The highest BCUT2D eigenvalue weighted by Gasteiger charge is 2.14. The lowest BCUT2D eigenvalue weighted by Crippen LogP contribution is -2.41. The molecule has 2 N–H and O–H groups in total. The molecule has 0 aliphatic rings. The molecule has 0 atom stereocenters. The van der Waals surface area contributed by atoms with Crippen molar-refractivity contribution in [2.45, 2.75) is 6.54 Å². The Morgan fingerprint density at radius 2 is 1.63 bits per heavy atom. The molecule has 0 spiro atoms. The number of rotatable bonds is 5. The van der Waals surface area contributed by atoms with E-state index in [1.807, 2.05) is 48.5 Å². The van der Waals surface area contributed by atoms with Gasteiger partial charge in [-0.25, -0.2) is 14.6 Å². The number of hydrogen-bond acceptors (Lipinski definition) is 5. The molecular formula is C20H17N3O4. The second-order valence-corrected chi connectivity index (χ2v) is 5.68. The predicted octanol–water partition coefficient (Wildman–Crippen LogP) is 2.42. The van der Waals surface area contributed by atoms with Crippen molar-refractivity contribution in [1.29, 1.82) is 0 Å². The van der Waals surface area contributed by atoms with Crippen LogP contribution in [0.1, 0.15) is 16.1 Å². The molecule has 3 amide bonds. The highest BCUT2D eigenvalue weighted by atomic mass is 16.5. The Morgan fingerprint density at radius 3 is 2.44 bits per heavy atom. The minimum Gasteiger partial charge on any atom is -0.451 e. The van der Waals surface area contributed by atoms with Crippen molar-refractivity contribution in [3.05, 3.63) is 78.0 Å². The van der Waals surface area contributed by atoms with Crippen molar-refractivity contribution < 1.29 is 19.1 Å². The van der Waals surface area contributed by atoms with Gasteiger partial charge in [0.25, 0.3) is 5.91 Å². The number of pyridine rings is 1. The number of fused-ring (bicyclic) bond motifs is 1. The zero-order chi connectivity index (χ0) is 19.1. The van der Waals surface area contributed by atoms with Crippen LogP contribution >= 0.6 is 0 Å². The molecule has 7 heteroatoms. The number of amides is 3. The van der Waals surface area contributed by atoms with Gasteiger partial charge in [0.15, 0.2) is 6.61 Å². The van der Waals surface area contributed by atoms with E-state index in [0.29, 0.717) is 5.52 Å². The fourth-order valence-corrected chi connectivity index (χ4v) is 2.37. The number of ether oxygens (including phenoxy) is 1. The molecule has 3 rings (SSSR count). The molecule has 1 heterocycles. The largest absolute Gasteiger partial charge is 0.451 e. The topological polar surface area (TPSA) is 97.4 Å². The average Bonchev–Trinajstić information content (AvgIpc) is 2.71. The molecule has 0 saturated carbocycles. The predicted molar refractivity (Wildman–Crippen MR) is 98.8 cm³/mol. The summed E-state index contributed by atoms with van der Waals surface area (Å²) in [6.45, 7) is -0.299. The highest BCUT2D eigenvalue weighted by molar-refractivity contribution is 5.97. The summed E-state index contributed by atoms with van der Waals surface area (Å²) in [6.07, 6.45) is 0. The van der Waals surface area contributed by atoms with Gasteiger partial charge in [-0.3, -0.25) is 10.1 Å². The smallest absolute Gasteiger partial charge is 0.357 e. The summed E-state index contributed by atoms with van der Waals surface area (Å²) < 4.78 is 4.91. The van der Waals surface area contributed by atoms with E-state index in [2.05, 4.69) is 15.6 Å². The maximum atomic E-state index is 12.0. The molecule has 0 unspecified atom stereocenters. The van der Waals surface area contributed by atoms with Crippen LogP contribution in [0.3, 0.4) is 0 Å². The van der Waals surface area contributed by atoms with Gasteiger partial charge in [-0.1, -0.05) is 54.6 Å². The first kappa shape index (κ1) is 18.1. The number of nitrogens with one attached hydrogen (secondary N) is 2. The Hall–Kier alpha value is -3.74. The lowest BCUT2D eigenvalue weighted by atomic mass is 10.2. The Bertz CT molecular complexity index is 973. The summed E-state index contributed by atoms with van der Waals surface area (Å²) in [5.41, 5.74) is 1.64. The number of hydrogen-bond donors (Lipinski definition) is 2. The van der Waals surface area contributed by atoms with Crippen molar-refractivity contribution in [3.8, 4) is 0 Å². The third-order valence-electron chi connectivity index (χ3n) is 3.69. The fourth-order valence-electron chi connectivity index (χ4n) is 2.37. The molecule has 0 aliphatic heterocycles. The normalized spacial score (nSPS) is 10.2. The molecule has 0 saturated heterocycles. The molecule has 0 radical (unpaired) electrons. The Morgan fingerprint density at radius 1 is 0.889 bits per heavy atom. The number of carbonyl (C=O) groups excluding carboxylic acids is 3. The molecule has 0 fully saturated rings. The van der Waals surface area contributed by atoms with Crippen molar-refractivity contribution in [2.75, 3.05) is 6.61 Å². The SMILES string of the molecule is O=C(COC(=O)c1ccc2ccccc2n1)NC(=O)NCc1ccccc1. The van der Waals surface area contributed by atoms with Crippen LogP contribution in [0.25, 0.3) is 10.9 Å². The molecule has 7 nitrogen and oxygen atoms in total. The zero-order valence-electron chi connectivity index (χ0n) is 14.3. The maximum absolute atomic E-state index is 12.0. The summed E-state index contributed by atoms with van der Waals surface area (Å²) in [4.78, 5) is 39.7. The maximum Gasteiger partial charge on any atom is 0.357 e. The van der Waals surface area contributed by atoms with Crippen LogP contribution < -0.4 is 10.6 Å². The van der Waals surface area contributed by atoms with E-state index < -0.39 is 24.5 Å². The van der Waals surface area contributed by atoms with Gasteiger partial charge in [0, 0.05) is 11.9 Å². The number of urea groups is 1. The molecule has 0 bridgehead atoms. The van der Waals surface area contributed by atoms with Crippen LogP contribution in [0.2, 0.25) is 0 Å². The minimum absolute atomic E-state index is 0.0926. The van der Waals surface area contributed by atoms with E-state index >= 15 is 0 Å². The van der Waals surface area contributed by atoms with Crippen molar-refractivity contribution >= 4 is 28.8 Å². The number of imide groups is 1. The Labute approximate surface area is 155 Å². The summed E-state index contributed by atoms with van der Waals surface area (Å²) in [5, 5.41) is 5.54. The highest BCUT2D eigenvalue weighted by Crippen LogP contribution is 2.12. The Kier molecular flexibility index (Phi) is 5.73. The first-order chi connectivity index (χ1) is 13.1. The van der Waals surface area contributed by atoms with Gasteiger partial charge in [-0.2, -0.15) is 0 Å². The van der Waals surface area contributed by atoms with Gasteiger partial charge < -0.3 is 10.1 Å². The van der Waals surface area contributed by atoms with Crippen molar-refractivity contribution in [3.63, 3.8) is 0 Å². The third-order valence-corrected chi connectivity index (χ3v) is 3.69. The second-order valence-electron chi connectivity index (χ2n) is 5.68. The van der Waals surface area contributed by atoms with Gasteiger partial charge in [-0.15, -0.1) is 0 Å². The summed E-state index contributed by atoms with van der Waals surface area (Å²) in [5.74, 6) is -1.46. The van der Waals surface area contributed by atoms with Crippen molar-refractivity contribution in [2.24, 2.45) is 0 Å². The van der Waals surface area contributed by atoms with Crippen LogP contribution in [-0.4, -0.2) is 29.5 Å². The van der Waals surface area contributed by atoms with Gasteiger partial charge in [-0.05, 0) is 17.7 Å². The molecule has 3 aromatic rings. The number of benzene rings is 2. The van der Waals surface area contributed by atoms with E-state index in [1.165, 1.54) is 6.07 Å². The third kappa shape index (κ3) is 5.12. The monoisotopic (exact) mass is 363 g/mol. The lowest BCUT2D eigenvalue weighted by molar-refractivity contribution is -0.123. The van der Waals surface area contributed by atoms with Crippen LogP contribution in [0.5, 0.6) is 0 Å². The fraction of sp³-hybridized carbons (Fsp3) is 0.100.